The third-order valence-electron chi connectivity index (χ3n) is 8.24. The predicted octanol–water partition coefficient (Wildman–Crippen LogP) is 5.61. The molecule has 1 amide bonds. The van der Waals surface area contributed by atoms with Gasteiger partial charge >= 0.3 is 0 Å². The van der Waals surface area contributed by atoms with Crippen molar-refractivity contribution in [3.05, 3.63) is 101 Å². The van der Waals surface area contributed by atoms with Crippen LogP contribution in [-0.4, -0.2) is 62.6 Å². The summed E-state index contributed by atoms with van der Waals surface area (Å²) in [6.45, 7) is 9.77. The predicted molar refractivity (Wildman–Crippen MR) is 172 cm³/mol. The second-order valence-electron chi connectivity index (χ2n) is 10.9. The van der Waals surface area contributed by atoms with Gasteiger partial charge in [0, 0.05) is 48.4 Å². The van der Waals surface area contributed by atoms with Crippen LogP contribution in [0.25, 0.3) is 0 Å². The van der Waals surface area contributed by atoms with E-state index in [9.17, 15) is 18.0 Å². The van der Waals surface area contributed by atoms with Gasteiger partial charge in [-0.3, -0.25) is 9.69 Å². The monoisotopic (exact) mass is 644 g/mol. The minimum absolute atomic E-state index is 0.129. The van der Waals surface area contributed by atoms with Crippen LogP contribution in [0.4, 0.5) is 23.2 Å². The Morgan fingerprint density at radius 2 is 1.52 bits per heavy atom. The first-order chi connectivity index (χ1) is 22.2. The summed E-state index contributed by atoms with van der Waals surface area (Å²) in [7, 11) is 2.13. The van der Waals surface area contributed by atoms with E-state index in [4.69, 9.17) is 15.3 Å². The summed E-state index contributed by atoms with van der Waals surface area (Å²) in [6, 6.07) is 12.0. The number of carbonyl (C=O) groups is 3. The number of hydrogen-bond acceptors (Lipinski definition) is 6. The lowest BCUT2D eigenvalue weighted by atomic mass is 9.84. The molecule has 1 unspecified atom stereocenters. The van der Waals surface area contributed by atoms with E-state index < -0.39 is 41.1 Å². The quantitative estimate of drug-likeness (QED) is 0.262. The van der Waals surface area contributed by atoms with Crippen LogP contribution in [0.1, 0.15) is 55.7 Å². The topological polar surface area (TPSA) is 105 Å². The van der Waals surface area contributed by atoms with Crippen molar-refractivity contribution in [3.8, 4) is 0 Å². The number of nitrogens with zero attached hydrogens (tertiary/aromatic N) is 1. The highest BCUT2D eigenvalue weighted by atomic mass is 19.1. The van der Waals surface area contributed by atoms with Gasteiger partial charge in [-0.05, 0) is 86.2 Å². The van der Waals surface area contributed by atoms with E-state index >= 15 is 4.39 Å². The fraction of sp³-hybridized carbons (Fsp3) is 0.400. The molecule has 1 saturated heterocycles. The normalized spacial score (nSPS) is 18.7. The van der Waals surface area contributed by atoms with E-state index in [1.165, 1.54) is 49.2 Å². The van der Waals surface area contributed by atoms with Crippen molar-refractivity contribution < 1.29 is 31.9 Å². The van der Waals surface area contributed by atoms with Gasteiger partial charge in [0.05, 0.1) is 6.04 Å². The molecule has 4 atom stereocenters. The van der Waals surface area contributed by atoms with Gasteiger partial charge in [0.25, 0.3) is 0 Å². The number of nitrogens with two attached hydrogens (primary N) is 1. The lowest BCUT2D eigenvalue weighted by molar-refractivity contribution is -0.117. The Balaban J connectivity index is 0.00000116. The largest absolute Gasteiger partial charge is 0.324 e. The highest BCUT2D eigenvalue weighted by Gasteiger charge is 2.38. The number of piperazine rings is 1. The molecule has 1 aliphatic heterocycles. The van der Waals surface area contributed by atoms with Crippen molar-refractivity contribution in [1.82, 2.24) is 10.2 Å². The molecule has 0 spiro atoms. The summed E-state index contributed by atoms with van der Waals surface area (Å²) in [5, 5.41) is 6.26. The van der Waals surface area contributed by atoms with Crippen LogP contribution in [0, 0.1) is 29.2 Å². The molecule has 1 heterocycles. The number of amides is 1. The summed E-state index contributed by atoms with van der Waals surface area (Å²) >= 11 is 0. The maximum Gasteiger partial charge on any atom is 0.242 e. The van der Waals surface area contributed by atoms with Gasteiger partial charge in [-0.1, -0.05) is 32.0 Å². The zero-order valence-corrected chi connectivity index (χ0v) is 26.6. The first-order valence-corrected chi connectivity index (χ1v) is 15.3. The van der Waals surface area contributed by atoms with Crippen molar-refractivity contribution in [1.29, 1.82) is 0 Å². The molecule has 2 fully saturated rings. The van der Waals surface area contributed by atoms with E-state index in [1.54, 1.807) is 6.07 Å². The van der Waals surface area contributed by atoms with Gasteiger partial charge in [0.15, 0.2) is 0 Å². The van der Waals surface area contributed by atoms with Gasteiger partial charge in [-0.2, -0.15) is 0 Å². The standard InChI is InChI=1S/C31H34F4N4O.C2H6.2CH2O/c1-39-24(16-37-17-28(39)18-5-6-18)11-12-25-26(35)3-2-4-27(25)38-31(40)30(36)29(19-7-9-21(32)10-8-19)20-13-22(33)15-23(34)14-20;3*1-2/h2-4,7-10,13-15,18,24,28-30,37H,5-6,11-12,16-17,36H2,1H3,(H,38,40);1-2H3;2*1H2/t24-,28?,29-,30-;;;/m0.../s1. The first-order valence-electron chi connectivity index (χ1n) is 15.3. The van der Waals surface area contributed by atoms with E-state index in [0.717, 1.165) is 31.3 Å². The number of hydrogen-bond donors (Lipinski definition) is 3. The molecule has 11 heteroatoms. The molecular weight excluding hydrogens is 600 g/mol. The van der Waals surface area contributed by atoms with Gasteiger partial charge in [-0.15, -0.1) is 0 Å². The lowest BCUT2D eigenvalue weighted by Gasteiger charge is -2.40. The molecule has 0 aromatic heterocycles. The van der Waals surface area contributed by atoms with Crippen LogP contribution in [0.5, 0.6) is 0 Å². The zero-order valence-electron chi connectivity index (χ0n) is 26.6. The number of likely N-dealkylation sites (N-methyl/N-ethyl adjacent to an activating group) is 1. The Labute approximate surface area is 268 Å². The SMILES string of the molecule is C=O.C=O.CC.CN1C(C2CC2)CNC[C@@H]1CCc1c(F)cccc1NC(=O)[C@@H](N)[C@@H](c1ccc(F)cc1)c1cc(F)cc(F)c1. The Bertz CT molecular complexity index is 1370. The molecule has 7 nitrogen and oxygen atoms in total. The second-order valence-corrected chi connectivity index (χ2v) is 10.9. The van der Waals surface area contributed by atoms with Crippen molar-refractivity contribution in [2.45, 2.75) is 63.6 Å². The molecule has 0 bridgehead atoms. The van der Waals surface area contributed by atoms with Crippen molar-refractivity contribution in [2.24, 2.45) is 11.7 Å². The Morgan fingerprint density at radius 1 is 0.913 bits per heavy atom. The highest BCUT2D eigenvalue weighted by Crippen LogP contribution is 2.37. The smallest absolute Gasteiger partial charge is 0.242 e. The minimum Gasteiger partial charge on any atom is -0.324 e. The van der Waals surface area contributed by atoms with Crippen LogP contribution in [0.15, 0.2) is 60.7 Å². The van der Waals surface area contributed by atoms with Gasteiger partial charge < -0.3 is 26.0 Å². The maximum atomic E-state index is 15.1. The van der Waals surface area contributed by atoms with Crippen LogP contribution < -0.4 is 16.4 Å². The molecule has 250 valence electrons. The van der Waals surface area contributed by atoms with Crippen molar-refractivity contribution in [3.63, 3.8) is 0 Å². The minimum atomic E-state index is -1.31. The number of nitrogens with one attached hydrogen (secondary N) is 2. The van der Waals surface area contributed by atoms with Crippen LogP contribution in [-0.2, 0) is 20.8 Å². The fourth-order valence-electron chi connectivity index (χ4n) is 5.88. The number of halogens is 4. The molecule has 3 aromatic carbocycles. The zero-order chi connectivity index (χ0) is 34.4. The summed E-state index contributed by atoms with van der Waals surface area (Å²) in [5.41, 5.74) is 7.61. The molecule has 1 saturated carbocycles. The van der Waals surface area contributed by atoms with E-state index in [0.29, 0.717) is 41.6 Å². The van der Waals surface area contributed by atoms with Gasteiger partial charge in [-0.25, -0.2) is 17.6 Å². The molecule has 0 radical (unpaired) electrons. The molecule has 4 N–H and O–H groups in total. The molecule has 1 aliphatic carbocycles. The van der Waals surface area contributed by atoms with Gasteiger partial charge in [0.2, 0.25) is 5.91 Å². The average Bonchev–Trinajstić information content (AvgIpc) is 3.90. The Morgan fingerprint density at radius 3 is 2.11 bits per heavy atom. The third-order valence-corrected chi connectivity index (χ3v) is 8.24. The van der Waals surface area contributed by atoms with Crippen molar-refractivity contribution >= 4 is 25.2 Å². The highest BCUT2D eigenvalue weighted by molar-refractivity contribution is 5.96. The number of carbonyl (C=O) groups excluding carboxylic acids is 3. The summed E-state index contributed by atoms with van der Waals surface area (Å²) in [4.78, 5) is 31.8. The van der Waals surface area contributed by atoms with Crippen molar-refractivity contribution in [2.75, 3.05) is 25.5 Å². The van der Waals surface area contributed by atoms with E-state index in [-0.39, 0.29) is 11.6 Å². The average molecular weight is 645 g/mol. The van der Waals surface area contributed by atoms with Crippen LogP contribution in [0.3, 0.4) is 0 Å². The molecule has 5 rings (SSSR count). The number of rotatable bonds is 9. The van der Waals surface area contributed by atoms with E-state index in [1.807, 2.05) is 27.4 Å². The number of benzene rings is 3. The maximum absolute atomic E-state index is 15.1. The Kier molecular flexibility index (Phi) is 15.7. The van der Waals surface area contributed by atoms with E-state index in [2.05, 4.69) is 22.6 Å². The molecule has 3 aromatic rings. The second kappa shape index (κ2) is 18.9. The molecule has 2 aliphatic rings. The van der Waals surface area contributed by atoms with Crippen LogP contribution in [0.2, 0.25) is 0 Å². The van der Waals surface area contributed by atoms with Crippen LogP contribution >= 0.6 is 0 Å². The summed E-state index contributed by atoms with van der Waals surface area (Å²) in [6.07, 6.45) is 3.59. The third kappa shape index (κ3) is 10.0. The Hall–Kier alpha value is -3.93. The summed E-state index contributed by atoms with van der Waals surface area (Å²) in [5.74, 6) is -3.51. The number of anilines is 1. The molecule has 46 heavy (non-hydrogen) atoms. The lowest BCUT2D eigenvalue weighted by Crippen LogP contribution is -2.56. The first kappa shape index (κ1) is 38.3. The fourth-order valence-corrected chi connectivity index (χ4v) is 5.88. The molecular formula is C35H44F4N4O3. The van der Waals surface area contributed by atoms with Gasteiger partial charge in [0.1, 0.15) is 36.8 Å². The summed E-state index contributed by atoms with van der Waals surface area (Å²) < 4.78 is 56.9.